The summed E-state index contributed by atoms with van der Waals surface area (Å²) in [5, 5.41) is 7.80. The molecule has 16 heavy (non-hydrogen) atoms. The Balaban J connectivity index is 3.28. The van der Waals surface area contributed by atoms with E-state index in [0.29, 0.717) is 11.6 Å². The summed E-state index contributed by atoms with van der Waals surface area (Å²) in [6.07, 6.45) is 3.88. The maximum atomic E-state index is 7.80. The second-order valence-electron chi connectivity index (χ2n) is 4.57. The summed E-state index contributed by atoms with van der Waals surface area (Å²) < 4.78 is 2.15. The van der Waals surface area contributed by atoms with E-state index in [4.69, 9.17) is 5.41 Å². The average molecular weight is 219 g/mol. The van der Waals surface area contributed by atoms with E-state index in [0.717, 1.165) is 23.5 Å². The molecule has 0 radical (unpaired) electrons. The predicted octanol–water partition coefficient (Wildman–Crippen LogP) is 3.56. The Morgan fingerprint density at radius 3 is 2.62 bits per heavy atom. The van der Waals surface area contributed by atoms with E-state index < -0.39 is 0 Å². The molecule has 0 saturated heterocycles. The zero-order valence-corrected chi connectivity index (χ0v) is 10.8. The summed E-state index contributed by atoms with van der Waals surface area (Å²) in [4.78, 5) is 4.40. The van der Waals surface area contributed by atoms with E-state index in [1.165, 1.54) is 0 Å². The smallest absolute Gasteiger partial charge is 0.141 e. The van der Waals surface area contributed by atoms with Crippen molar-refractivity contribution in [2.75, 3.05) is 0 Å². The van der Waals surface area contributed by atoms with Crippen molar-refractivity contribution in [1.29, 1.82) is 5.41 Å². The van der Waals surface area contributed by atoms with Gasteiger partial charge >= 0.3 is 0 Å². The van der Waals surface area contributed by atoms with Gasteiger partial charge in [0.15, 0.2) is 0 Å². The molecule has 0 aliphatic carbocycles. The standard InChI is InChI=1S/C13H21N3/c1-6-15-13-12(11(5)14)10(4)8-16(13)7-9(2)3/h6,8-9,14H,7H2,1-5H3/b14-11?,15-6-. The fourth-order valence-electron chi connectivity index (χ4n) is 1.94. The number of hydrogen-bond acceptors (Lipinski definition) is 2. The van der Waals surface area contributed by atoms with Crippen molar-refractivity contribution in [2.24, 2.45) is 10.9 Å². The number of rotatable bonds is 4. The molecule has 0 aliphatic rings. The first-order chi connectivity index (χ1) is 7.47. The van der Waals surface area contributed by atoms with Crippen molar-refractivity contribution >= 4 is 17.7 Å². The highest BCUT2D eigenvalue weighted by atomic mass is 15.1. The molecule has 0 aliphatic heterocycles. The van der Waals surface area contributed by atoms with Gasteiger partial charge in [0.2, 0.25) is 0 Å². The maximum Gasteiger partial charge on any atom is 0.141 e. The van der Waals surface area contributed by atoms with Crippen LogP contribution in [-0.2, 0) is 6.54 Å². The van der Waals surface area contributed by atoms with Crippen molar-refractivity contribution in [3.05, 3.63) is 17.3 Å². The molecule has 1 rings (SSSR count). The van der Waals surface area contributed by atoms with Crippen molar-refractivity contribution in [1.82, 2.24) is 4.57 Å². The van der Waals surface area contributed by atoms with Gasteiger partial charge in [0, 0.05) is 30.2 Å². The molecule has 1 heterocycles. The van der Waals surface area contributed by atoms with Crippen molar-refractivity contribution in [3.8, 4) is 0 Å². The van der Waals surface area contributed by atoms with Crippen LogP contribution in [0, 0.1) is 18.3 Å². The number of nitrogens with zero attached hydrogens (tertiary/aromatic N) is 2. The van der Waals surface area contributed by atoms with Crippen LogP contribution in [0.5, 0.6) is 0 Å². The van der Waals surface area contributed by atoms with Crippen LogP contribution in [0.1, 0.15) is 38.8 Å². The largest absolute Gasteiger partial charge is 0.332 e. The summed E-state index contributed by atoms with van der Waals surface area (Å²) in [7, 11) is 0. The number of aromatic nitrogens is 1. The highest BCUT2D eigenvalue weighted by Crippen LogP contribution is 2.26. The van der Waals surface area contributed by atoms with Gasteiger partial charge in [0.05, 0.1) is 0 Å². The van der Waals surface area contributed by atoms with Crippen LogP contribution >= 0.6 is 0 Å². The van der Waals surface area contributed by atoms with Gasteiger partial charge in [-0.15, -0.1) is 0 Å². The Morgan fingerprint density at radius 2 is 2.19 bits per heavy atom. The molecule has 1 aromatic rings. The summed E-state index contributed by atoms with van der Waals surface area (Å²) in [6.45, 7) is 11.1. The lowest BCUT2D eigenvalue weighted by Gasteiger charge is -2.09. The lowest BCUT2D eigenvalue weighted by molar-refractivity contribution is 0.527. The molecule has 1 N–H and O–H groups in total. The Kier molecular flexibility index (Phi) is 4.05. The lowest BCUT2D eigenvalue weighted by atomic mass is 10.1. The maximum absolute atomic E-state index is 7.80. The molecular weight excluding hydrogens is 198 g/mol. The Hall–Kier alpha value is -1.38. The molecule has 3 nitrogen and oxygen atoms in total. The van der Waals surface area contributed by atoms with Crippen LogP contribution in [0.3, 0.4) is 0 Å². The second kappa shape index (κ2) is 5.10. The zero-order chi connectivity index (χ0) is 12.3. The van der Waals surface area contributed by atoms with Gasteiger partial charge in [-0.3, -0.25) is 0 Å². The van der Waals surface area contributed by atoms with E-state index in [2.05, 4.69) is 29.6 Å². The van der Waals surface area contributed by atoms with Gasteiger partial charge in [0.1, 0.15) is 5.82 Å². The van der Waals surface area contributed by atoms with E-state index in [-0.39, 0.29) is 0 Å². The fraction of sp³-hybridized carbons (Fsp3) is 0.538. The summed E-state index contributed by atoms with van der Waals surface area (Å²) >= 11 is 0. The van der Waals surface area contributed by atoms with Gasteiger partial charge in [-0.05, 0) is 32.3 Å². The molecular formula is C13H21N3. The van der Waals surface area contributed by atoms with Crippen molar-refractivity contribution in [3.63, 3.8) is 0 Å². The van der Waals surface area contributed by atoms with Gasteiger partial charge < -0.3 is 9.98 Å². The molecule has 0 unspecified atom stereocenters. The molecule has 1 aromatic heterocycles. The lowest BCUT2D eigenvalue weighted by Crippen LogP contribution is -2.03. The molecule has 3 heteroatoms. The summed E-state index contributed by atoms with van der Waals surface area (Å²) in [6, 6.07) is 0. The molecule has 88 valence electrons. The highest BCUT2D eigenvalue weighted by molar-refractivity contribution is 6.02. The molecule has 0 aromatic carbocycles. The average Bonchev–Trinajstić information content (AvgIpc) is 2.42. The van der Waals surface area contributed by atoms with Crippen molar-refractivity contribution < 1.29 is 0 Å². The van der Waals surface area contributed by atoms with Crippen molar-refractivity contribution in [2.45, 2.75) is 41.2 Å². The molecule has 0 spiro atoms. The Labute approximate surface area is 97.7 Å². The zero-order valence-electron chi connectivity index (χ0n) is 10.8. The third-order valence-electron chi connectivity index (χ3n) is 2.43. The molecule has 0 atom stereocenters. The number of aliphatic imine (C=N–C) groups is 1. The van der Waals surface area contributed by atoms with E-state index in [9.17, 15) is 0 Å². The van der Waals surface area contributed by atoms with Gasteiger partial charge in [-0.25, -0.2) is 4.99 Å². The second-order valence-corrected chi connectivity index (χ2v) is 4.57. The Morgan fingerprint density at radius 1 is 1.56 bits per heavy atom. The topological polar surface area (TPSA) is 41.1 Å². The molecule has 0 saturated carbocycles. The highest BCUT2D eigenvalue weighted by Gasteiger charge is 2.14. The summed E-state index contributed by atoms with van der Waals surface area (Å²) in [5.74, 6) is 1.50. The first-order valence-electron chi connectivity index (χ1n) is 5.71. The minimum absolute atomic E-state index is 0.580. The molecule has 0 fully saturated rings. The van der Waals surface area contributed by atoms with Gasteiger partial charge in [-0.2, -0.15) is 0 Å². The van der Waals surface area contributed by atoms with E-state index in [1.54, 1.807) is 6.21 Å². The Bertz CT molecular complexity index is 411. The summed E-state index contributed by atoms with van der Waals surface area (Å²) in [5.41, 5.74) is 2.69. The quantitative estimate of drug-likeness (QED) is 0.752. The number of hydrogen-bond donors (Lipinski definition) is 1. The van der Waals surface area contributed by atoms with Crippen LogP contribution in [0.25, 0.3) is 0 Å². The van der Waals surface area contributed by atoms with Crippen LogP contribution in [0.4, 0.5) is 5.82 Å². The van der Waals surface area contributed by atoms with Crippen LogP contribution < -0.4 is 0 Å². The molecule has 0 amide bonds. The van der Waals surface area contributed by atoms with Crippen LogP contribution in [0.2, 0.25) is 0 Å². The third-order valence-corrected chi connectivity index (χ3v) is 2.43. The number of nitrogens with one attached hydrogen (secondary N) is 1. The number of aryl methyl sites for hydroxylation is 1. The first-order valence-corrected chi connectivity index (χ1v) is 5.71. The van der Waals surface area contributed by atoms with Crippen LogP contribution in [0.15, 0.2) is 11.2 Å². The van der Waals surface area contributed by atoms with Gasteiger partial charge in [0.25, 0.3) is 0 Å². The normalized spacial score (nSPS) is 11.6. The van der Waals surface area contributed by atoms with Crippen LogP contribution in [-0.4, -0.2) is 16.5 Å². The predicted molar refractivity (Wildman–Crippen MR) is 70.3 cm³/mol. The third kappa shape index (κ3) is 2.60. The monoisotopic (exact) mass is 219 g/mol. The minimum atomic E-state index is 0.580. The first kappa shape index (κ1) is 12.7. The van der Waals surface area contributed by atoms with Gasteiger partial charge in [-0.1, -0.05) is 13.8 Å². The van der Waals surface area contributed by atoms with E-state index in [1.807, 2.05) is 20.8 Å². The minimum Gasteiger partial charge on any atom is -0.332 e. The fourth-order valence-corrected chi connectivity index (χ4v) is 1.94. The SMILES string of the molecule is C/C=N\c1c(C(C)=N)c(C)cn1CC(C)C. The molecule has 0 bridgehead atoms. The van der Waals surface area contributed by atoms with E-state index >= 15 is 0 Å².